The Morgan fingerprint density at radius 2 is 2.11 bits per heavy atom. The van der Waals surface area contributed by atoms with Crippen molar-refractivity contribution in [2.45, 2.75) is 26.1 Å². The number of aromatic nitrogens is 2. The van der Waals surface area contributed by atoms with Crippen LogP contribution in [0.5, 0.6) is 0 Å². The van der Waals surface area contributed by atoms with Gasteiger partial charge in [0.25, 0.3) is 5.91 Å². The van der Waals surface area contributed by atoms with Crippen LogP contribution in [0.4, 0.5) is 19.0 Å². The number of alkyl halides is 3. The molecule has 1 aromatic heterocycles. The van der Waals surface area contributed by atoms with Crippen LogP contribution in [0.25, 0.3) is 0 Å². The first kappa shape index (κ1) is 14.3. The Labute approximate surface area is 102 Å². The van der Waals surface area contributed by atoms with Crippen molar-refractivity contribution >= 4 is 11.7 Å². The number of nitrogens with zero attached hydrogens (tertiary/aromatic N) is 3. The minimum atomic E-state index is -4.45. The SMILES string of the molecule is CC(C)N(CC(F)(F)F)C(=O)c1cnn(C)c1N. The number of amides is 1. The summed E-state index contributed by atoms with van der Waals surface area (Å²) in [7, 11) is 1.51. The van der Waals surface area contributed by atoms with Crippen LogP contribution in [0.2, 0.25) is 0 Å². The summed E-state index contributed by atoms with van der Waals surface area (Å²) in [6, 6.07) is -0.585. The highest BCUT2D eigenvalue weighted by Crippen LogP contribution is 2.21. The summed E-state index contributed by atoms with van der Waals surface area (Å²) in [6.07, 6.45) is -3.28. The predicted octanol–water partition coefficient (Wildman–Crippen LogP) is 1.42. The van der Waals surface area contributed by atoms with E-state index in [0.717, 1.165) is 0 Å². The van der Waals surface area contributed by atoms with Crippen LogP contribution in [0.1, 0.15) is 24.2 Å². The number of aryl methyl sites for hydroxylation is 1. The summed E-state index contributed by atoms with van der Waals surface area (Å²) < 4.78 is 38.4. The summed E-state index contributed by atoms with van der Waals surface area (Å²) in [6.45, 7) is 1.71. The molecule has 18 heavy (non-hydrogen) atoms. The Kier molecular flexibility index (Phi) is 3.88. The van der Waals surface area contributed by atoms with Gasteiger partial charge in [-0.1, -0.05) is 0 Å². The Hall–Kier alpha value is -1.73. The molecule has 0 spiro atoms. The molecule has 2 N–H and O–H groups in total. The van der Waals surface area contributed by atoms with Crippen molar-refractivity contribution in [1.29, 1.82) is 0 Å². The molecule has 1 amide bonds. The second-order valence-corrected chi connectivity index (χ2v) is 4.21. The molecular weight excluding hydrogens is 249 g/mol. The largest absolute Gasteiger partial charge is 0.406 e. The fourth-order valence-electron chi connectivity index (χ4n) is 1.45. The van der Waals surface area contributed by atoms with E-state index >= 15 is 0 Å². The molecule has 0 bridgehead atoms. The minimum absolute atomic E-state index is 0.0181. The second kappa shape index (κ2) is 4.87. The summed E-state index contributed by atoms with van der Waals surface area (Å²) in [5.74, 6) is -0.722. The third kappa shape index (κ3) is 3.14. The molecule has 0 radical (unpaired) electrons. The van der Waals surface area contributed by atoms with Gasteiger partial charge in [0.15, 0.2) is 0 Å². The molecule has 0 saturated carbocycles. The summed E-state index contributed by atoms with van der Waals surface area (Å²) >= 11 is 0. The second-order valence-electron chi connectivity index (χ2n) is 4.21. The van der Waals surface area contributed by atoms with E-state index in [-0.39, 0.29) is 11.4 Å². The highest BCUT2D eigenvalue weighted by Gasteiger charge is 2.35. The fourth-order valence-corrected chi connectivity index (χ4v) is 1.45. The van der Waals surface area contributed by atoms with Gasteiger partial charge < -0.3 is 10.6 Å². The Morgan fingerprint density at radius 1 is 1.56 bits per heavy atom. The maximum absolute atomic E-state index is 12.4. The average Bonchev–Trinajstić information content (AvgIpc) is 2.54. The molecule has 0 aromatic carbocycles. The van der Waals surface area contributed by atoms with Gasteiger partial charge in [-0.3, -0.25) is 9.48 Å². The van der Waals surface area contributed by atoms with Crippen LogP contribution in [-0.2, 0) is 7.05 Å². The Bertz CT molecular complexity index is 439. The van der Waals surface area contributed by atoms with Crippen LogP contribution in [0.3, 0.4) is 0 Å². The van der Waals surface area contributed by atoms with Gasteiger partial charge in [0.05, 0.1) is 6.20 Å². The van der Waals surface area contributed by atoms with Crippen LogP contribution in [-0.4, -0.2) is 39.4 Å². The number of carbonyl (C=O) groups is 1. The van der Waals surface area contributed by atoms with Gasteiger partial charge in [-0.05, 0) is 13.8 Å². The third-order valence-electron chi connectivity index (χ3n) is 2.45. The van der Waals surface area contributed by atoms with E-state index in [4.69, 9.17) is 5.73 Å². The quantitative estimate of drug-likeness (QED) is 0.897. The predicted molar refractivity (Wildman–Crippen MR) is 59.8 cm³/mol. The van der Waals surface area contributed by atoms with Crippen molar-refractivity contribution in [2.24, 2.45) is 7.05 Å². The highest BCUT2D eigenvalue weighted by molar-refractivity contribution is 5.98. The zero-order chi connectivity index (χ0) is 14.1. The molecule has 1 aromatic rings. The van der Waals surface area contributed by atoms with E-state index in [0.29, 0.717) is 4.90 Å². The molecule has 1 rings (SSSR count). The first-order chi connectivity index (χ1) is 8.13. The number of halogens is 3. The smallest absolute Gasteiger partial charge is 0.383 e. The van der Waals surface area contributed by atoms with E-state index in [1.807, 2.05) is 0 Å². The van der Waals surface area contributed by atoms with Crippen molar-refractivity contribution < 1.29 is 18.0 Å². The molecule has 0 aliphatic carbocycles. The molecule has 0 unspecified atom stereocenters. The monoisotopic (exact) mass is 264 g/mol. The normalized spacial score (nSPS) is 11.9. The Morgan fingerprint density at radius 3 is 2.44 bits per heavy atom. The van der Waals surface area contributed by atoms with Gasteiger partial charge in [0.1, 0.15) is 17.9 Å². The topological polar surface area (TPSA) is 64.2 Å². The maximum Gasteiger partial charge on any atom is 0.406 e. The van der Waals surface area contributed by atoms with E-state index in [9.17, 15) is 18.0 Å². The van der Waals surface area contributed by atoms with Crippen molar-refractivity contribution in [1.82, 2.24) is 14.7 Å². The number of carbonyl (C=O) groups excluding carboxylic acids is 1. The van der Waals surface area contributed by atoms with Gasteiger partial charge in [0.2, 0.25) is 0 Å². The number of nitrogen functional groups attached to an aromatic ring is 1. The molecule has 1 heterocycles. The zero-order valence-corrected chi connectivity index (χ0v) is 10.3. The molecule has 102 valence electrons. The molecule has 0 fully saturated rings. The standard InChI is InChI=1S/C10H15F3N4O/c1-6(2)17(5-10(11,12)13)9(18)7-4-15-16(3)8(7)14/h4,6H,5,14H2,1-3H3. The lowest BCUT2D eigenvalue weighted by atomic mass is 10.2. The fraction of sp³-hybridized carbons (Fsp3) is 0.600. The van der Waals surface area contributed by atoms with Gasteiger partial charge in [-0.15, -0.1) is 0 Å². The molecule has 8 heteroatoms. The van der Waals surface area contributed by atoms with E-state index in [1.54, 1.807) is 0 Å². The zero-order valence-electron chi connectivity index (χ0n) is 10.3. The molecule has 0 saturated heterocycles. The molecule has 0 aliphatic rings. The molecule has 0 atom stereocenters. The van der Waals surface area contributed by atoms with Crippen LogP contribution in [0, 0.1) is 0 Å². The first-order valence-electron chi connectivity index (χ1n) is 5.28. The van der Waals surface area contributed by atoms with E-state index < -0.39 is 24.7 Å². The van der Waals surface area contributed by atoms with E-state index in [1.165, 1.54) is 31.8 Å². The summed E-state index contributed by atoms with van der Waals surface area (Å²) in [4.78, 5) is 12.7. The third-order valence-corrected chi connectivity index (χ3v) is 2.45. The van der Waals surface area contributed by atoms with Gasteiger partial charge in [-0.2, -0.15) is 18.3 Å². The lowest BCUT2D eigenvalue weighted by molar-refractivity contribution is -0.143. The Balaban J connectivity index is 3.01. The first-order valence-corrected chi connectivity index (χ1v) is 5.28. The lowest BCUT2D eigenvalue weighted by Gasteiger charge is -2.27. The molecule has 5 nitrogen and oxygen atoms in total. The maximum atomic E-state index is 12.4. The number of hydrogen-bond acceptors (Lipinski definition) is 3. The van der Waals surface area contributed by atoms with Crippen molar-refractivity contribution in [3.63, 3.8) is 0 Å². The summed E-state index contributed by atoms with van der Waals surface area (Å²) in [5, 5.41) is 3.74. The average molecular weight is 264 g/mol. The van der Waals surface area contributed by atoms with Gasteiger partial charge in [0, 0.05) is 13.1 Å². The van der Waals surface area contributed by atoms with Crippen LogP contribution < -0.4 is 5.73 Å². The highest BCUT2D eigenvalue weighted by atomic mass is 19.4. The van der Waals surface area contributed by atoms with E-state index in [2.05, 4.69) is 5.10 Å². The van der Waals surface area contributed by atoms with Crippen LogP contribution >= 0.6 is 0 Å². The molecule has 0 aliphatic heterocycles. The van der Waals surface area contributed by atoms with Crippen molar-refractivity contribution in [3.8, 4) is 0 Å². The van der Waals surface area contributed by atoms with Crippen molar-refractivity contribution in [3.05, 3.63) is 11.8 Å². The number of anilines is 1. The number of hydrogen-bond donors (Lipinski definition) is 1. The number of rotatable bonds is 3. The number of nitrogens with two attached hydrogens (primary N) is 1. The lowest BCUT2D eigenvalue weighted by Crippen LogP contribution is -2.43. The summed E-state index contributed by atoms with van der Waals surface area (Å²) in [5.41, 5.74) is 5.56. The molecular formula is C10H15F3N4O. The van der Waals surface area contributed by atoms with Gasteiger partial charge >= 0.3 is 6.18 Å². The van der Waals surface area contributed by atoms with Crippen molar-refractivity contribution in [2.75, 3.05) is 12.3 Å². The minimum Gasteiger partial charge on any atom is -0.383 e. The van der Waals surface area contributed by atoms with Gasteiger partial charge in [-0.25, -0.2) is 0 Å². The van der Waals surface area contributed by atoms with Crippen LogP contribution in [0.15, 0.2) is 6.20 Å².